The summed E-state index contributed by atoms with van der Waals surface area (Å²) in [7, 11) is 0. The monoisotopic (exact) mass is 269 g/mol. The summed E-state index contributed by atoms with van der Waals surface area (Å²) < 4.78 is 40.5. The molecule has 0 unspecified atom stereocenters. The minimum atomic E-state index is -1.01. The zero-order chi connectivity index (χ0) is 14.2. The lowest BCUT2D eigenvalue weighted by atomic mass is 9.90. The van der Waals surface area contributed by atoms with Gasteiger partial charge in [0.25, 0.3) is 0 Å². The highest BCUT2D eigenvalue weighted by molar-refractivity contribution is 5.90. The van der Waals surface area contributed by atoms with Crippen LogP contribution >= 0.6 is 0 Å². The lowest BCUT2D eigenvalue weighted by molar-refractivity contribution is -0.120. The second kappa shape index (κ2) is 5.07. The first-order valence-electron chi connectivity index (χ1n) is 6.08. The second-order valence-corrected chi connectivity index (χ2v) is 4.85. The molecule has 1 aromatic carbocycles. The fraction of sp³-hybridized carbons (Fsp3) is 0.357. The van der Waals surface area contributed by atoms with Crippen molar-refractivity contribution in [2.75, 3.05) is 0 Å². The molecule has 1 heterocycles. The molecular formula is C14H14F3NO. The van der Waals surface area contributed by atoms with Crippen molar-refractivity contribution in [1.29, 1.82) is 0 Å². The quantitative estimate of drug-likeness (QED) is 0.876. The van der Waals surface area contributed by atoms with Gasteiger partial charge >= 0.3 is 0 Å². The van der Waals surface area contributed by atoms with Crippen molar-refractivity contribution in [1.82, 2.24) is 5.32 Å². The number of amides is 1. The van der Waals surface area contributed by atoms with E-state index >= 15 is 0 Å². The summed E-state index contributed by atoms with van der Waals surface area (Å²) in [6, 6.07) is 1.23. The number of halogens is 3. The Labute approximate surface area is 109 Å². The topological polar surface area (TPSA) is 29.1 Å². The predicted octanol–water partition coefficient (Wildman–Crippen LogP) is 3.38. The highest BCUT2D eigenvalue weighted by Gasteiger charge is 2.25. The van der Waals surface area contributed by atoms with Crippen LogP contribution in [-0.4, -0.2) is 5.91 Å². The standard InChI is InChI=1S/C14H14F3NO/c1-7(2)9-3-4-12(19)18-14(9)13-10(16)5-8(15)6-11(13)17/h5-7H,3-4H2,1-2H3,(H,18,19). The van der Waals surface area contributed by atoms with Crippen molar-refractivity contribution >= 4 is 11.6 Å². The van der Waals surface area contributed by atoms with Gasteiger partial charge in [-0.3, -0.25) is 4.79 Å². The van der Waals surface area contributed by atoms with Gasteiger partial charge in [-0.1, -0.05) is 13.8 Å². The average Bonchev–Trinajstić information content (AvgIpc) is 2.27. The average molecular weight is 269 g/mol. The fourth-order valence-electron chi connectivity index (χ4n) is 2.24. The van der Waals surface area contributed by atoms with Crippen LogP contribution < -0.4 is 5.32 Å². The number of carbonyl (C=O) groups is 1. The zero-order valence-electron chi connectivity index (χ0n) is 10.7. The summed E-state index contributed by atoms with van der Waals surface area (Å²) in [5.41, 5.74) is 0.545. The van der Waals surface area contributed by atoms with Gasteiger partial charge in [-0.25, -0.2) is 13.2 Å². The van der Waals surface area contributed by atoms with Crippen molar-refractivity contribution in [3.63, 3.8) is 0 Å². The molecule has 0 bridgehead atoms. The van der Waals surface area contributed by atoms with E-state index in [9.17, 15) is 18.0 Å². The fourth-order valence-corrected chi connectivity index (χ4v) is 2.24. The van der Waals surface area contributed by atoms with E-state index in [1.165, 1.54) is 0 Å². The molecule has 0 fully saturated rings. The molecule has 1 aromatic rings. The molecule has 0 atom stereocenters. The Balaban J connectivity index is 2.63. The lowest BCUT2D eigenvalue weighted by Crippen LogP contribution is -2.29. The Morgan fingerprint density at radius 2 is 1.68 bits per heavy atom. The molecule has 0 radical (unpaired) electrons. The molecule has 0 saturated carbocycles. The third-order valence-electron chi connectivity index (χ3n) is 3.16. The van der Waals surface area contributed by atoms with Gasteiger partial charge in [0.1, 0.15) is 17.5 Å². The zero-order valence-corrected chi connectivity index (χ0v) is 10.7. The first-order chi connectivity index (χ1) is 8.90. The third kappa shape index (κ3) is 2.64. The van der Waals surface area contributed by atoms with Crippen LogP contribution in [-0.2, 0) is 4.79 Å². The van der Waals surface area contributed by atoms with Crippen LogP contribution in [0.3, 0.4) is 0 Å². The second-order valence-electron chi connectivity index (χ2n) is 4.85. The van der Waals surface area contributed by atoms with Gasteiger partial charge in [0.05, 0.1) is 11.3 Å². The predicted molar refractivity (Wildman–Crippen MR) is 65.5 cm³/mol. The molecule has 0 aliphatic carbocycles. The summed E-state index contributed by atoms with van der Waals surface area (Å²) in [6.07, 6.45) is 0.747. The van der Waals surface area contributed by atoms with E-state index < -0.39 is 17.5 Å². The normalized spacial score (nSPS) is 16.0. The molecule has 19 heavy (non-hydrogen) atoms. The molecule has 2 rings (SSSR count). The van der Waals surface area contributed by atoms with E-state index in [1.54, 1.807) is 0 Å². The van der Waals surface area contributed by atoms with Gasteiger partial charge in [0, 0.05) is 18.6 Å². The van der Waals surface area contributed by atoms with Crippen LogP contribution in [0.15, 0.2) is 17.7 Å². The summed E-state index contributed by atoms with van der Waals surface area (Å²) in [5.74, 6) is -3.24. The molecular weight excluding hydrogens is 255 g/mol. The summed E-state index contributed by atoms with van der Waals surface area (Å²) in [6.45, 7) is 3.76. The van der Waals surface area contributed by atoms with E-state index in [-0.39, 0.29) is 23.1 Å². The largest absolute Gasteiger partial charge is 0.325 e. The highest BCUT2D eigenvalue weighted by atomic mass is 19.1. The molecule has 102 valence electrons. The summed E-state index contributed by atoms with van der Waals surface area (Å²) in [4.78, 5) is 11.4. The molecule has 5 heteroatoms. The van der Waals surface area contributed by atoms with Gasteiger partial charge < -0.3 is 5.32 Å². The first-order valence-corrected chi connectivity index (χ1v) is 6.08. The van der Waals surface area contributed by atoms with Gasteiger partial charge in [-0.05, 0) is 17.9 Å². The van der Waals surface area contributed by atoms with Gasteiger partial charge in [0.15, 0.2) is 0 Å². The number of rotatable bonds is 2. The van der Waals surface area contributed by atoms with Crippen molar-refractivity contribution < 1.29 is 18.0 Å². The Hall–Kier alpha value is -1.78. The van der Waals surface area contributed by atoms with Crippen LogP contribution in [0.2, 0.25) is 0 Å². The molecule has 0 saturated heterocycles. The number of hydrogen-bond acceptors (Lipinski definition) is 1. The Morgan fingerprint density at radius 1 is 1.11 bits per heavy atom. The minimum Gasteiger partial charge on any atom is -0.325 e. The smallest absolute Gasteiger partial charge is 0.224 e. The lowest BCUT2D eigenvalue weighted by Gasteiger charge is -2.24. The van der Waals surface area contributed by atoms with Crippen LogP contribution in [0.5, 0.6) is 0 Å². The van der Waals surface area contributed by atoms with E-state index in [4.69, 9.17) is 0 Å². The number of nitrogens with one attached hydrogen (secondary N) is 1. The van der Waals surface area contributed by atoms with Crippen LogP contribution in [0.1, 0.15) is 32.3 Å². The van der Waals surface area contributed by atoms with Crippen molar-refractivity contribution in [2.45, 2.75) is 26.7 Å². The van der Waals surface area contributed by atoms with Crippen LogP contribution in [0.4, 0.5) is 13.2 Å². The Bertz CT molecular complexity index is 541. The molecule has 1 N–H and O–H groups in total. The third-order valence-corrected chi connectivity index (χ3v) is 3.16. The highest BCUT2D eigenvalue weighted by Crippen LogP contribution is 2.32. The number of benzene rings is 1. The van der Waals surface area contributed by atoms with E-state index in [2.05, 4.69) is 5.32 Å². The Morgan fingerprint density at radius 3 is 2.21 bits per heavy atom. The molecule has 1 aliphatic heterocycles. The maximum atomic E-state index is 13.8. The van der Waals surface area contributed by atoms with Gasteiger partial charge in [-0.2, -0.15) is 0 Å². The summed E-state index contributed by atoms with van der Waals surface area (Å²) in [5, 5.41) is 2.50. The van der Waals surface area contributed by atoms with Crippen molar-refractivity contribution in [3.05, 3.63) is 40.7 Å². The molecule has 1 aliphatic rings. The van der Waals surface area contributed by atoms with Gasteiger partial charge in [-0.15, -0.1) is 0 Å². The number of allylic oxidation sites excluding steroid dienone is 1. The van der Waals surface area contributed by atoms with Crippen LogP contribution in [0, 0.1) is 23.4 Å². The molecule has 0 spiro atoms. The maximum absolute atomic E-state index is 13.8. The number of carbonyl (C=O) groups excluding carboxylic acids is 1. The van der Waals surface area contributed by atoms with Crippen molar-refractivity contribution in [2.24, 2.45) is 5.92 Å². The van der Waals surface area contributed by atoms with Crippen molar-refractivity contribution in [3.8, 4) is 0 Å². The maximum Gasteiger partial charge on any atom is 0.224 e. The minimum absolute atomic E-state index is 0.0412. The van der Waals surface area contributed by atoms with Gasteiger partial charge in [0.2, 0.25) is 5.91 Å². The Kier molecular flexibility index (Phi) is 3.64. The number of hydrogen-bond donors (Lipinski definition) is 1. The first kappa shape index (κ1) is 13.6. The molecule has 1 amide bonds. The van der Waals surface area contributed by atoms with E-state index in [1.807, 2.05) is 13.8 Å². The van der Waals surface area contributed by atoms with E-state index in [0.29, 0.717) is 25.0 Å². The van der Waals surface area contributed by atoms with Crippen LogP contribution in [0.25, 0.3) is 5.70 Å². The molecule has 2 nitrogen and oxygen atoms in total. The summed E-state index contributed by atoms with van der Waals surface area (Å²) >= 11 is 0. The van der Waals surface area contributed by atoms with E-state index in [0.717, 1.165) is 5.57 Å². The molecule has 0 aromatic heterocycles. The SMILES string of the molecule is CC(C)C1=C(c2c(F)cc(F)cc2F)NC(=O)CC1.